The minimum absolute atomic E-state index is 0.622. The van der Waals surface area contributed by atoms with E-state index in [9.17, 15) is 0 Å². The van der Waals surface area contributed by atoms with Crippen LogP contribution in [-0.2, 0) is 0 Å². The number of hydrogen-bond acceptors (Lipinski definition) is 2. The molecule has 0 aliphatic heterocycles. The van der Waals surface area contributed by atoms with Crippen molar-refractivity contribution in [2.24, 2.45) is 0 Å². The van der Waals surface area contributed by atoms with Crippen LogP contribution in [0.2, 0.25) is 5.02 Å². The third-order valence-electron chi connectivity index (χ3n) is 2.70. The fraction of sp³-hybridized carbons (Fsp3) is 0. The zero-order valence-electron chi connectivity index (χ0n) is 8.98. The maximum atomic E-state index is 5.93. The molecule has 0 fully saturated rings. The number of nitrogen functional groups attached to an aromatic ring is 1. The van der Waals surface area contributed by atoms with Gasteiger partial charge in [-0.25, -0.2) is 0 Å². The van der Waals surface area contributed by atoms with Gasteiger partial charge < -0.3 is 10.2 Å². The van der Waals surface area contributed by atoms with E-state index >= 15 is 0 Å². The smallest absolute Gasteiger partial charge is 0.137 e. The van der Waals surface area contributed by atoms with E-state index < -0.39 is 0 Å². The van der Waals surface area contributed by atoms with Gasteiger partial charge in [-0.3, -0.25) is 0 Å². The predicted molar refractivity (Wildman–Crippen MR) is 71.1 cm³/mol. The van der Waals surface area contributed by atoms with Crippen LogP contribution in [0.3, 0.4) is 0 Å². The molecule has 0 unspecified atom stereocenters. The number of anilines is 1. The highest BCUT2D eigenvalue weighted by molar-refractivity contribution is 6.31. The van der Waals surface area contributed by atoms with Crippen molar-refractivity contribution in [2.75, 3.05) is 5.73 Å². The van der Waals surface area contributed by atoms with E-state index in [0.717, 1.165) is 22.3 Å². The summed E-state index contributed by atoms with van der Waals surface area (Å²) in [6.07, 6.45) is 0. The maximum Gasteiger partial charge on any atom is 0.137 e. The summed E-state index contributed by atoms with van der Waals surface area (Å²) in [6.45, 7) is 0. The molecule has 84 valence electrons. The van der Waals surface area contributed by atoms with Gasteiger partial charge in [0.25, 0.3) is 0 Å². The Bertz CT molecular complexity index is 655. The molecular weight excluding hydrogens is 234 g/mol. The third-order valence-corrected chi connectivity index (χ3v) is 2.94. The third kappa shape index (κ3) is 1.77. The standard InChI is InChI=1S/C14H10ClNO/c15-10-5-6-11(12(16)8-10)14-7-9-3-1-2-4-13(9)17-14/h1-8H,16H2. The van der Waals surface area contributed by atoms with Crippen molar-refractivity contribution in [3.05, 3.63) is 53.6 Å². The Balaban J connectivity index is 2.20. The summed E-state index contributed by atoms with van der Waals surface area (Å²) >= 11 is 5.87. The molecule has 17 heavy (non-hydrogen) atoms. The Hall–Kier alpha value is -1.93. The predicted octanol–water partition coefficient (Wildman–Crippen LogP) is 4.34. The second-order valence-corrected chi connectivity index (χ2v) is 4.32. The Morgan fingerprint density at radius 3 is 2.59 bits per heavy atom. The largest absolute Gasteiger partial charge is 0.456 e. The van der Waals surface area contributed by atoms with Crippen molar-refractivity contribution in [3.63, 3.8) is 0 Å². The molecule has 2 nitrogen and oxygen atoms in total. The summed E-state index contributed by atoms with van der Waals surface area (Å²) in [4.78, 5) is 0. The lowest BCUT2D eigenvalue weighted by molar-refractivity contribution is 0.632. The zero-order chi connectivity index (χ0) is 11.8. The first-order chi connectivity index (χ1) is 8.24. The molecule has 0 atom stereocenters. The molecular formula is C14H10ClNO. The van der Waals surface area contributed by atoms with E-state index in [4.69, 9.17) is 21.8 Å². The minimum atomic E-state index is 0.622. The normalized spacial score (nSPS) is 10.9. The van der Waals surface area contributed by atoms with Gasteiger partial charge in [-0.2, -0.15) is 0 Å². The van der Waals surface area contributed by atoms with Gasteiger partial charge >= 0.3 is 0 Å². The summed E-state index contributed by atoms with van der Waals surface area (Å²) in [5.74, 6) is 0.764. The first-order valence-electron chi connectivity index (χ1n) is 5.28. The lowest BCUT2D eigenvalue weighted by Crippen LogP contribution is -1.88. The van der Waals surface area contributed by atoms with Gasteiger partial charge in [0.15, 0.2) is 0 Å². The van der Waals surface area contributed by atoms with Gasteiger partial charge in [0.2, 0.25) is 0 Å². The molecule has 0 amide bonds. The van der Waals surface area contributed by atoms with Crippen LogP contribution >= 0.6 is 11.6 Å². The molecule has 0 radical (unpaired) electrons. The number of hydrogen-bond donors (Lipinski definition) is 1. The molecule has 0 spiro atoms. The number of nitrogens with two attached hydrogens (primary N) is 1. The van der Waals surface area contributed by atoms with Crippen LogP contribution in [-0.4, -0.2) is 0 Å². The highest BCUT2D eigenvalue weighted by Gasteiger charge is 2.08. The molecule has 0 aliphatic carbocycles. The van der Waals surface area contributed by atoms with Crippen molar-refractivity contribution in [2.45, 2.75) is 0 Å². The summed E-state index contributed by atoms with van der Waals surface area (Å²) in [6, 6.07) is 15.3. The van der Waals surface area contributed by atoms with Gasteiger partial charge in [-0.15, -0.1) is 0 Å². The SMILES string of the molecule is Nc1cc(Cl)ccc1-c1cc2ccccc2o1. The fourth-order valence-corrected chi connectivity index (χ4v) is 2.05. The minimum Gasteiger partial charge on any atom is -0.456 e. The second-order valence-electron chi connectivity index (χ2n) is 3.88. The molecule has 0 saturated heterocycles. The monoisotopic (exact) mass is 243 g/mol. The molecule has 3 heteroatoms. The number of furan rings is 1. The molecule has 2 N–H and O–H groups in total. The first-order valence-corrected chi connectivity index (χ1v) is 5.66. The Morgan fingerprint density at radius 1 is 1.00 bits per heavy atom. The van der Waals surface area contributed by atoms with Crippen LogP contribution in [0, 0.1) is 0 Å². The van der Waals surface area contributed by atoms with Gasteiger partial charge in [0.05, 0.1) is 0 Å². The van der Waals surface area contributed by atoms with Crippen LogP contribution < -0.4 is 5.73 Å². The van der Waals surface area contributed by atoms with E-state index in [1.807, 2.05) is 36.4 Å². The van der Waals surface area contributed by atoms with E-state index in [1.54, 1.807) is 12.1 Å². The van der Waals surface area contributed by atoms with Gasteiger partial charge in [0, 0.05) is 21.7 Å². The zero-order valence-corrected chi connectivity index (χ0v) is 9.74. The molecule has 3 rings (SSSR count). The topological polar surface area (TPSA) is 39.2 Å². The average Bonchev–Trinajstić information content (AvgIpc) is 2.72. The van der Waals surface area contributed by atoms with Crippen molar-refractivity contribution in [1.82, 2.24) is 0 Å². The average molecular weight is 244 g/mol. The fourth-order valence-electron chi connectivity index (χ4n) is 1.87. The number of para-hydroxylation sites is 1. The summed E-state index contributed by atoms with van der Waals surface area (Å²) < 4.78 is 5.75. The highest BCUT2D eigenvalue weighted by Crippen LogP contribution is 2.32. The maximum absolute atomic E-state index is 5.93. The van der Waals surface area contributed by atoms with Crippen molar-refractivity contribution in [1.29, 1.82) is 0 Å². The first kappa shape index (κ1) is 10.2. The van der Waals surface area contributed by atoms with Gasteiger partial charge in [-0.1, -0.05) is 29.8 Å². The summed E-state index contributed by atoms with van der Waals surface area (Å²) in [5, 5.41) is 1.69. The number of benzene rings is 2. The van der Waals surface area contributed by atoms with Crippen LogP contribution in [0.5, 0.6) is 0 Å². The summed E-state index contributed by atoms with van der Waals surface area (Å²) in [7, 11) is 0. The van der Waals surface area contributed by atoms with Gasteiger partial charge in [0.1, 0.15) is 11.3 Å². The molecule has 0 aliphatic rings. The molecule has 3 aromatic rings. The molecule has 0 bridgehead atoms. The Kier molecular flexibility index (Phi) is 2.30. The van der Waals surface area contributed by atoms with Crippen molar-refractivity contribution in [3.8, 4) is 11.3 Å². The highest BCUT2D eigenvalue weighted by atomic mass is 35.5. The lowest BCUT2D eigenvalue weighted by atomic mass is 10.1. The van der Waals surface area contributed by atoms with Crippen LogP contribution in [0.25, 0.3) is 22.3 Å². The molecule has 1 heterocycles. The van der Waals surface area contributed by atoms with Crippen LogP contribution in [0.1, 0.15) is 0 Å². The molecule has 2 aromatic carbocycles. The number of halogens is 1. The van der Waals surface area contributed by atoms with E-state index in [-0.39, 0.29) is 0 Å². The quantitative estimate of drug-likeness (QED) is 0.646. The number of fused-ring (bicyclic) bond motifs is 1. The van der Waals surface area contributed by atoms with E-state index in [0.29, 0.717) is 10.7 Å². The lowest BCUT2D eigenvalue weighted by Gasteiger charge is -2.01. The van der Waals surface area contributed by atoms with Crippen molar-refractivity contribution < 1.29 is 4.42 Å². The van der Waals surface area contributed by atoms with E-state index in [1.165, 1.54) is 0 Å². The Morgan fingerprint density at radius 2 is 1.82 bits per heavy atom. The number of rotatable bonds is 1. The Labute approximate surface area is 104 Å². The van der Waals surface area contributed by atoms with Crippen LogP contribution in [0.15, 0.2) is 52.9 Å². The van der Waals surface area contributed by atoms with E-state index in [2.05, 4.69) is 0 Å². The summed E-state index contributed by atoms with van der Waals surface area (Å²) in [5.41, 5.74) is 8.28. The second kappa shape index (κ2) is 3.82. The molecule has 1 aromatic heterocycles. The molecule has 0 saturated carbocycles. The van der Waals surface area contributed by atoms with Crippen molar-refractivity contribution >= 4 is 28.3 Å². The van der Waals surface area contributed by atoms with Crippen LogP contribution in [0.4, 0.5) is 5.69 Å². The van der Waals surface area contributed by atoms with Gasteiger partial charge in [-0.05, 0) is 30.3 Å².